The predicted molar refractivity (Wildman–Crippen MR) is 100 cm³/mol. The van der Waals surface area contributed by atoms with Crippen LogP contribution in [0.15, 0.2) is 12.1 Å². The van der Waals surface area contributed by atoms with Gasteiger partial charge >= 0.3 is 5.97 Å². The first-order chi connectivity index (χ1) is 12.9. The molecule has 27 heavy (non-hydrogen) atoms. The fourth-order valence-corrected chi connectivity index (χ4v) is 4.08. The molecule has 1 amide bonds. The Kier molecular flexibility index (Phi) is 5.84. The maximum Gasteiger partial charge on any atom is 0.339 e. The van der Waals surface area contributed by atoms with Crippen molar-refractivity contribution in [1.29, 1.82) is 0 Å². The molecule has 2 aliphatic rings. The van der Waals surface area contributed by atoms with E-state index in [4.69, 9.17) is 11.6 Å². The standard InChI is InChI=1S/C18H22ClN3O5/c1-27-18(24)13-10-16(22(25)26)15(11-14(13)19)20-8-5-12(6-9-20)21-7-3-2-4-17(21)23/h10-12H,2-9H2,1H3. The van der Waals surface area contributed by atoms with E-state index < -0.39 is 10.9 Å². The van der Waals surface area contributed by atoms with Gasteiger partial charge in [0.25, 0.3) is 5.69 Å². The van der Waals surface area contributed by atoms with Crippen LogP contribution in [-0.2, 0) is 9.53 Å². The summed E-state index contributed by atoms with van der Waals surface area (Å²) in [6.07, 6.45) is 4.09. The number of methoxy groups -OCH3 is 1. The van der Waals surface area contributed by atoms with E-state index in [1.165, 1.54) is 19.2 Å². The third kappa shape index (κ3) is 4.00. The number of piperidine rings is 2. The molecule has 0 spiro atoms. The highest BCUT2D eigenvalue weighted by Gasteiger charge is 2.32. The normalized spacial score (nSPS) is 18.5. The van der Waals surface area contributed by atoms with Gasteiger partial charge in [0.1, 0.15) is 5.69 Å². The maximum absolute atomic E-state index is 12.1. The molecule has 3 rings (SSSR count). The Morgan fingerprint density at radius 2 is 1.96 bits per heavy atom. The molecule has 1 aromatic rings. The smallest absolute Gasteiger partial charge is 0.339 e. The van der Waals surface area contributed by atoms with Gasteiger partial charge in [0.2, 0.25) is 5.91 Å². The van der Waals surface area contributed by atoms with E-state index in [1.807, 2.05) is 9.80 Å². The molecular formula is C18H22ClN3O5. The number of halogens is 1. The lowest BCUT2D eigenvalue weighted by Crippen LogP contribution is -2.49. The molecule has 0 saturated carbocycles. The Morgan fingerprint density at radius 1 is 1.26 bits per heavy atom. The molecule has 0 atom stereocenters. The average Bonchev–Trinajstić information content (AvgIpc) is 2.67. The van der Waals surface area contributed by atoms with Gasteiger partial charge in [-0.3, -0.25) is 14.9 Å². The van der Waals surface area contributed by atoms with Gasteiger partial charge in [0.15, 0.2) is 0 Å². The van der Waals surface area contributed by atoms with E-state index in [1.54, 1.807) is 0 Å². The first-order valence-corrected chi connectivity index (χ1v) is 9.41. The average molecular weight is 396 g/mol. The number of nitro benzene ring substituents is 1. The van der Waals surface area contributed by atoms with Crippen LogP contribution in [0.1, 0.15) is 42.5 Å². The molecule has 0 aliphatic carbocycles. The third-order valence-electron chi connectivity index (χ3n) is 5.27. The van der Waals surface area contributed by atoms with Crippen LogP contribution >= 0.6 is 11.6 Å². The molecule has 0 N–H and O–H groups in total. The summed E-state index contributed by atoms with van der Waals surface area (Å²) in [4.78, 5) is 38.8. The first-order valence-electron chi connectivity index (χ1n) is 9.03. The molecule has 2 saturated heterocycles. The SMILES string of the molecule is COC(=O)c1cc([N+](=O)[O-])c(N2CCC(N3CCCCC3=O)CC2)cc1Cl. The molecule has 0 unspecified atom stereocenters. The molecule has 2 aliphatic heterocycles. The Balaban J connectivity index is 1.79. The van der Waals surface area contributed by atoms with Crippen LogP contribution < -0.4 is 4.90 Å². The van der Waals surface area contributed by atoms with E-state index in [9.17, 15) is 19.7 Å². The van der Waals surface area contributed by atoms with Crippen molar-refractivity contribution < 1.29 is 19.2 Å². The number of anilines is 1. The van der Waals surface area contributed by atoms with Crippen LogP contribution in [0.25, 0.3) is 0 Å². The second kappa shape index (κ2) is 8.12. The van der Waals surface area contributed by atoms with E-state index in [0.717, 1.165) is 32.2 Å². The molecule has 2 fully saturated rings. The second-order valence-electron chi connectivity index (χ2n) is 6.83. The third-order valence-corrected chi connectivity index (χ3v) is 5.58. The lowest BCUT2D eigenvalue weighted by molar-refractivity contribution is -0.384. The highest BCUT2D eigenvalue weighted by molar-refractivity contribution is 6.34. The van der Waals surface area contributed by atoms with Crippen LogP contribution in [0, 0.1) is 10.1 Å². The van der Waals surface area contributed by atoms with Crippen molar-refractivity contribution in [3.8, 4) is 0 Å². The molecule has 146 valence electrons. The van der Waals surface area contributed by atoms with Gasteiger partial charge in [-0.15, -0.1) is 0 Å². The minimum absolute atomic E-state index is 0.0246. The molecule has 8 nitrogen and oxygen atoms in total. The van der Waals surface area contributed by atoms with E-state index >= 15 is 0 Å². The zero-order chi connectivity index (χ0) is 19.6. The maximum atomic E-state index is 12.1. The summed E-state index contributed by atoms with van der Waals surface area (Å²) in [7, 11) is 1.20. The summed E-state index contributed by atoms with van der Waals surface area (Å²) in [5.74, 6) is -0.506. The number of nitro groups is 1. The van der Waals surface area contributed by atoms with Crippen molar-refractivity contribution >= 4 is 34.9 Å². The van der Waals surface area contributed by atoms with Gasteiger partial charge in [0, 0.05) is 38.2 Å². The highest BCUT2D eigenvalue weighted by Crippen LogP contribution is 2.36. The van der Waals surface area contributed by atoms with E-state index in [0.29, 0.717) is 25.2 Å². The number of benzene rings is 1. The Hall–Kier alpha value is -2.35. The van der Waals surface area contributed by atoms with Crippen LogP contribution in [0.5, 0.6) is 0 Å². The monoisotopic (exact) mass is 395 g/mol. The van der Waals surface area contributed by atoms with Gasteiger partial charge in [-0.2, -0.15) is 0 Å². The summed E-state index contributed by atoms with van der Waals surface area (Å²) in [6.45, 7) is 1.97. The molecule has 9 heteroatoms. The number of hydrogen-bond acceptors (Lipinski definition) is 6. The minimum Gasteiger partial charge on any atom is -0.465 e. The Bertz CT molecular complexity index is 762. The summed E-state index contributed by atoms with van der Waals surface area (Å²) < 4.78 is 4.63. The van der Waals surface area contributed by atoms with E-state index in [2.05, 4.69) is 4.74 Å². The molecule has 0 aromatic heterocycles. The molecule has 0 radical (unpaired) electrons. The van der Waals surface area contributed by atoms with Crippen molar-refractivity contribution in [2.75, 3.05) is 31.6 Å². The summed E-state index contributed by atoms with van der Waals surface area (Å²) >= 11 is 6.17. The predicted octanol–water partition coefficient (Wildman–Crippen LogP) is 3.02. The fraction of sp³-hybridized carbons (Fsp3) is 0.556. The summed E-state index contributed by atoms with van der Waals surface area (Å²) in [5, 5.41) is 11.6. The zero-order valence-electron chi connectivity index (χ0n) is 15.1. The Labute approximate surface area is 162 Å². The number of carbonyl (C=O) groups excluding carboxylic acids is 2. The van der Waals surface area contributed by atoms with Gasteiger partial charge in [0.05, 0.1) is 22.6 Å². The van der Waals surface area contributed by atoms with Crippen LogP contribution in [0.2, 0.25) is 5.02 Å². The summed E-state index contributed by atoms with van der Waals surface area (Å²) in [5.41, 5.74) is 0.191. The van der Waals surface area contributed by atoms with Crippen molar-refractivity contribution in [2.24, 2.45) is 0 Å². The van der Waals surface area contributed by atoms with Crippen LogP contribution in [-0.4, -0.2) is 54.5 Å². The number of likely N-dealkylation sites (tertiary alicyclic amines) is 1. The molecule has 1 aromatic carbocycles. The van der Waals surface area contributed by atoms with Crippen molar-refractivity contribution in [3.63, 3.8) is 0 Å². The van der Waals surface area contributed by atoms with Gasteiger partial charge < -0.3 is 14.5 Å². The number of nitrogens with zero attached hydrogens (tertiary/aromatic N) is 3. The molecule has 0 bridgehead atoms. The number of hydrogen-bond donors (Lipinski definition) is 0. The Morgan fingerprint density at radius 3 is 2.56 bits per heavy atom. The number of esters is 1. The minimum atomic E-state index is -0.711. The number of rotatable bonds is 4. The van der Waals surface area contributed by atoms with Crippen LogP contribution in [0.4, 0.5) is 11.4 Å². The van der Waals surface area contributed by atoms with Crippen molar-refractivity contribution in [2.45, 2.75) is 38.1 Å². The van der Waals surface area contributed by atoms with Crippen molar-refractivity contribution in [1.82, 2.24) is 4.90 Å². The van der Waals surface area contributed by atoms with Crippen molar-refractivity contribution in [3.05, 3.63) is 32.8 Å². The van der Waals surface area contributed by atoms with Gasteiger partial charge in [-0.05, 0) is 31.7 Å². The lowest BCUT2D eigenvalue weighted by atomic mass is 9.98. The summed E-state index contributed by atoms with van der Waals surface area (Å²) in [6, 6.07) is 2.81. The largest absolute Gasteiger partial charge is 0.465 e. The number of carbonyl (C=O) groups is 2. The zero-order valence-corrected chi connectivity index (χ0v) is 15.9. The fourth-order valence-electron chi connectivity index (χ4n) is 3.85. The number of ether oxygens (including phenoxy) is 1. The quantitative estimate of drug-likeness (QED) is 0.442. The molecule has 2 heterocycles. The highest BCUT2D eigenvalue weighted by atomic mass is 35.5. The first kappa shape index (κ1) is 19.4. The van der Waals surface area contributed by atoms with Gasteiger partial charge in [-0.25, -0.2) is 4.79 Å². The number of amides is 1. The van der Waals surface area contributed by atoms with Crippen LogP contribution in [0.3, 0.4) is 0 Å². The second-order valence-corrected chi connectivity index (χ2v) is 7.24. The van der Waals surface area contributed by atoms with Gasteiger partial charge in [-0.1, -0.05) is 11.6 Å². The lowest BCUT2D eigenvalue weighted by Gasteiger charge is -2.40. The van der Waals surface area contributed by atoms with E-state index in [-0.39, 0.29) is 28.2 Å². The topological polar surface area (TPSA) is 93.0 Å². The molecular weight excluding hydrogens is 374 g/mol.